The first-order valence-corrected chi connectivity index (χ1v) is 11.7. The van der Waals surface area contributed by atoms with E-state index in [9.17, 15) is 13.2 Å². The highest BCUT2D eigenvalue weighted by molar-refractivity contribution is 5.99. The highest BCUT2D eigenvalue weighted by atomic mass is 19.4. The molecule has 35 heavy (non-hydrogen) atoms. The summed E-state index contributed by atoms with van der Waals surface area (Å²) >= 11 is 0. The first-order chi connectivity index (χ1) is 16.8. The normalized spacial score (nSPS) is 15.3. The van der Waals surface area contributed by atoms with Gasteiger partial charge in [0.25, 0.3) is 0 Å². The second kappa shape index (κ2) is 9.30. The molecule has 0 unspecified atom stereocenters. The van der Waals surface area contributed by atoms with Crippen molar-refractivity contribution in [2.75, 3.05) is 25.0 Å². The third kappa shape index (κ3) is 4.73. The lowest BCUT2D eigenvalue weighted by atomic mass is 10.0. The second-order valence-electron chi connectivity index (χ2n) is 9.09. The Morgan fingerprint density at radius 2 is 1.71 bits per heavy atom. The number of alkyl halides is 3. The Morgan fingerprint density at radius 1 is 0.971 bits per heavy atom. The van der Waals surface area contributed by atoms with Crippen molar-refractivity contribution < 1.29 is 13.2 Å². The topological polar surface area (TPSA) is 50.1 Å². The maximum absolute atomic E-state index is 13.1. The van der Waals surface area contributed by atoms with Crippen molar-refractivity contribution in [1.82, 2.24) is 24.9 Å². The van der Waals surface area contributed by atoms with Crippen molar-refractivity contribution in [2.45, 2.75) is 31.6 Å². The number of aromatic nitrogens is 4. The van der Waals surface area contributed by atoms with Crippen LogP contribution < -0.4 is 4.90 Å². The van der Waals surface area contributed by atoms with Crippen LogP contribution in [0.15, 0.2) is 60.8 Å². The molecular formula is C26H27F3N6. The molecule has 0 saturated carbocycles. The smallest absolute Gasteiger partial charge is 0.354 e. The van der Waals surface area contributed by atoms with Gasteiger partial charge >= 0.3 is 6.18 Å². The Kier molecular flexibility index (Phi) is 6.19. The fraction of sp³-hybridized carbons (Fsp3) is 0.346. The van der Waals surface area contributed by atoms with Crippen LogP contribution >= 0.6 is 0 Å². The fourth-order valence-electron chi connectivity index (χ4n) is 4.90. The molecule has 0 N–H and O–H groups in total. The third-order valence-electron chi connectivity index (χ3n) is 6.80. The van der Waals surface area contributed by atoms with Gasteiger partial charge in [0.1, 0.15) is 5.69 Å². The highest BCUT2D eigenvalue weighted by Gasteiger charge is 2.31. The average molecular weight is 481 g/mol. The predicted molar refractivity (Wildman–Crippen MR) is 130 cm³/mol. The number of benzene rings is 2. The molecule has 4 aromatic rings. The van der Waals surface area contributed by atoms with Gasteiger partial charge in [-0.2, -0.15) is 18.3 Å². The Bertz CT molecular complexity index is 1320. The highest BCUT2D eigenvalue weighted by Crippen LogP contribution is 2.33. The van der Waals surface area contributed by atoms with Crippen LogP contribution in [0.2, 0.25) is 0 Å². The average Bonchev–Trinajstić information content (AvgIpc) is 3.28. The molecule has 6 nitrogen and oxygen atoms in total. The fourth-order valence-corrected chi connectivity index (χ4v) is 4.90. The standard InChI is InChI=1S/C26H27F3N6/c1-33(17-18-6-5-7-19(16-18)26(27,28)29)20-11-14-35(15-12-20)25-22-9-4-3-8-21(22)24(31-32-25)23-10-13-30-34(23)2/h3-10,13,16,20H,11-12,14-15,17H2,1-2H3. The van der Waals surface area contributed by atoms with Crippen LogP contribution in [0.4, 0.5) is 19.0 Å². The molecule has 182 valence electrons. The van der Waals surface area contributed by atoms with Crippen molar-refractivity contribution in [1.29, 1.82) is 0 Å². The van der Waals surface area contributed by atoms with Crippen LogP contribution in [-0.2, 0) is 19.8 Å². The number of rotatable bonds is 5. The molecule has 0 atom stereocenters. The molecule has 5 rings (SSSR count). The van der Waals surface area contributed by atoms with Gasteiger partial charge in [-0.15, -0.1) is 10.2 Å². The molecule has 2 aromatic carbocycles. The first-order valence-electron chi connectivity index (χ1n) is 11.7. The summed E-state index contributed by atoms with van der Waals surface area (Å²) < 4.78 is 41.0. The van der Waals surface area contributed by atoms with Crippen molar-refractivity contribution in [2.24, 2.45) is 7.05 Å². The minimum Gasteiger partial charge on any atom is -0.354 e. The molecular weight excluding hydrogens is 453 g/mol. The molecule has 1 saturated heterocycles. The first kappa shape index (κ1) is 23.3. The van der Waals surface area contributed by atoms with Crippen molar-refractivity contribution in [3.05, 3.63) is 71.9 Å². The molecule has 0 spiro atoms. The maximum Gasteiger partial charge on any atom is 0.416 e. The van der Waals surface area contributed by atoms with E-state index in [2.05, 4.69) is 37.2 Å². The molecule has 0 bridgehead atoms. The minimum atomic E-state index is -4.32. The van der Waals surface area contributed by atoms with Crippen LogP contribution in [0.25, 0.3) is 22.2 Å². The van der Waals surface area contributed by atoms with Gasteiger partial charge in [-0.25, -0.2) is 0 Å². The summed E-state index contributed by atoms with van der Waals surface area (Å²) in [6.45, 7) is 2.10. The van der Waals surface area contributed by atoms with Gasteiger partial charge in [0.2, 0.25) is 0 Å². The number of anilines is 1. The van der Waals surface area contributed by atoms with Crippen molar-refractivity contribution >= 4 is 16.6 Å². The Balaban J connectivity index is 1.30. The number of aryl methyl sites for hydroxylation is 1. The van der Waals surface area contributed by atoms with Crippen LogP contribution in [0.5, 0.6) is 0 Å². The molecule has 2 aromatic heterocycles. The molecule has 0 radical (unpaired) electrons. The van der Waals surface area contributed by atoms with Gasteiger partial charge in [0, 0.05) is 49.7 Å². The van der Waals surface area contributed by atoms with Gasteiger partial charge in [-0.05, 0) is 37.6 Å². The SMILES string of the molecule is CN(Cc1cccc(C(F)(F)F)c1)C1CCN(c2nnc(-c3ccnn3C)c3ccccc23)CC1. The van der Waals surface area contributed by atoms with Crippen LogP contribution in [0.3, 0.4) is 0 Å². The Morgan fingerprint density at radius 3 is 2.40 bits per heavy atom. The van der Waals surface area contributed by atoms with E-state index in [0.717, 1.165) is 60.0 Å². The van der Waals surface area contributed by atoms with Crippen LogP contribution in [-0.4, -0.2) is 51.1 Å². The number of hydrogen-bond donors (Lipinski definition) is 0. The lowest BCUT2D eigenvalue weighted by Crippen LogP contribution is -2.43. The van der Waals surface area contributed by atoms with Crippen LogP contribution in [0.1, 0.15) is 24.0 Å². The summed E-state index contributed by atoms with van der Waals surface area (Å²) in [6, 6.07) is 16.0. The summed E-state index contributed by atoms with van der Waals surface area (Å²) in [4.78, 5) is 4.42. The van der Waals surface area contributed by atoms with E-state index in [-0.39, 0.29) is 6.04 Å². The lowest BCUT2D eigenvalue weighted by Gasteiger charge is -2.37. The molecule has 0 aliphatic carbocycles. The minimum absolute atomic E-state index is 0.286. The molecule has 9 heteroatoms. The van der Waals surface area contributed by atoms with E-state index in [1.54, 1.807) is 16.9 Å². The summed E-state index contributed by atoms with van der Waals surface area (Å²) in [6.07, 6.45) is -0.778. The lowest BCUT2D eigenvalue weighted by molar-refractivity contribution is -0.137. The third-order valence-corrected chi connectivity index (χ3v) is 6.80. The van der Waals surface area contributed by atoms with Gasteiger partial charge < -0.3 is 4.90 Å². The van der Waals surface area contributed by atoms with Crippen molar-refractivity contribution in [3.63, 3.8) is 0 Å². The summed E-state index contributed by atoms with van der Waals surface area (Å²) in [7, 11) is 3.87. The Hall–Kier alpha value is -3.46. The molecule has 1 aliphatic rings. The van der Waals surface area contributed by atoms with Gasteiger partial charge in [0.05, 0.1) is 11.3 Å². The number of fused-ring (bicyclic) bond motifs is 1. The van der Waals surface area contributed by atoms with E-state index in [1.165, 1.54) is 12.1 Å². The zero-order valence-electron chi connectivity index (χ0n) is 19.7. The molecule has 1 aliphatic heterocycles. The van der Waals surface area contributed by atoms with Gasteiger partial charge in [0.15, 0.2) is 5.82 Å². The summed E-state index contributed by atoms with van der Waals surface area (Å²) in [5.41, 5.74) is 1.79. The Labute approximate surface area is 202 Å². The summed E-state index contributed by atoms with van der Waals surface area (Å²) in [5, 5.41) is 15.5. The molecule has 1 fully saturated rings. The van der Waals surface area contributed by atoms with Gasteiger partial charge in [-0.1, -0.05) is 42.5 Å². The number of hydrogen-bond acceptors (Lipinski definition) is 5. The van der Waals surface area contributed by atoms with E-state index in [0.29, 0.717) is 12.1 Å². The quantitative estimate of drug-likeness (QED) is 0.396. The largest absolute Gasteiger partial charge is 0.416 e. The van der Waals surface area contributed by atoms with E-state index >= 15 is 0 Å². The van der Waals surface area contributed by atoms with E-state index in [4.69, 9.17) is 0 Å². The van der Waals surface area contributed by atoms with E-state index < -0.39 is 11.7 Å². The molecule has 3 heterocycles. The second-order valence-corrected chi connectivity index (χ2v) is 9.09. The predicted octanol–water partition coefficient (Wildman–Crippen LogP) is 5.15. The van der Waals surface area contributed by atoms with Gasteiger partial charge in [-0.3, -0.25) is 9.58 Å². The number of nitrogens with zero attached hydrogens (tertiary/aromatic N) is 6. The number of piperidine rings is 1. The van der Waals surface area contributed by atoms with E-state index in [1.807, 2.05) is 32.3 Å². The van der Waals surface area contributed by atoms with Crippen LogP contribution in [0, 0.1) is 0 Å². The van der Waals surface area contributed by atoms with Crippen molar-refractivity contribution in [3.8, 4) is 11.4 Å². The maximum atomic E-state index is 13.1. The summed E-state index contributed by atoms with van der Waals surface area (Å²) in [5.74, 6) is 0.866. The zero-order valence-corrected chi connectivity index (χ0v) is 19.7. The number of halogens is 3. The zero-order chi connectivity index (χ0) is 24.6. The molecule has 0 amide bonds. The monoisotopic (exact) mass is 480 g/mol.